The van der Waals surface area contributed by atoms with Gasteiger partial charge in [0.1, 0.15) is 0 Å². The molecule has 30 heavy (non-hydrogen) atoms. The van der Waals surface area contributed by atoms with E-state index in [2.05, 4.69) is 10.3 Å². The Morgan fingerprint density at radius 3 is 2.60 bits per heavy atom. The van der Waals surface area contributed by atoms with E-state index in [-0.39, 0.29) is 17.6 Å². The highest BCUT2D eigenvalue weighted by atomic mass is 19.4. The van der Waals surface area contributed by atoms with Crippen molar-refractivity contribution in [1.29, 1.82) is 0 Å². The Morgan fingerprint density at radius 2 is 2.03 bits per heavy atom. The zero-order valence-electron chi connectivity index (χ0n) is 17.2. The van der Waals surface area contributed by atoms with Crippen LogP contribution in [-0.2, 0) is 16.3 Å². The standard InChI is InChI=1S/C21H29F3N4O2/c1-2-30-19(29)28-11-7-17(8-12-28)27-18(25)26-14-20(9-4-10-20)15-5-3-6-16(13-15)21(22,23)24/h3,5-6,13,17H,2,4,7-12,14H2,1H3,(H3,25,26,27). The van der Waals surface area contributed by atoms with E-state index < -0.39 is 11.7 Å². The van der Waals surface area contributed by atoms with Crippen LogP contribution in [-0.4, -0.2) is 49.2 Å². The van der Waals surface area contributed by atoms with Crippen LogP contribution in [0.5, 0.6) is 0 Å². The third kappa shape index (κ3) is 5.17. The molecule has 2 fully saturated rings. The fourth-order valence-corrected chi connectivity index (χ4v) is 4.08. The van der Waals surface area contributed by atoms with Crippen molar-refractivity contribution < 1.29 is 22.7 Å². The molecule has 1 aromatic carbocycles. The lowest BCUT2D eigenvalue weighted by molar-refractivity contribution is -0.137. The molecule has 0 radical (unpaired) electrons. The van der Waals surface area contributed by atoms with E-state index >= 15 is 0 Å². The first-order valence-corrected chi connectivity index (χ1v) is 10.4. The number of carbonyl (C=O) groups is 1. The first-order valence-electron chi connectivity index (χ1n) is 10.4. The molecule has 3 rings (SSSR count). The molecule has 1 aromatic rings. The zero-order chi connectivity index (χ0) is 21.8. The van der Waals surface area contributed by atoms with Crippen LogP contribution in [0.25, 0.3) is 0 Å². The molecule has 0 aromatic heterocycles. The van der Waals surface area contributed by atoms with Crippen molar-refractivity contribution in [1.82, 2.24) is 10.2 Å². The van der Waals surface area contributed by atoms with Crippen molar-refractivity contribution in [2.45, 2.75) is 56.7 Å². The van der Waals surface area contributed by atoms with Gasteiger partial charge in [-0.15, -0.1) is 0 Å². The van der Waals surface area contributed by atoms with Gasteiger partial charge >= 0.3 is 12.3 Å². The summed E-state index contributed by atoms with van der Waals surface area (Å²) in [7, 11) is 0. The molecule has 1 aliphatic carbocycles. The maximum absolute atomic E-state index is 13.1. The molecule has 0 atom stereocenters. The van der Waals surface area contributed by atoms with Crippen LogP contribution in [0.4, 0.5) is 18.0 Å². The summed E-state index contributed by atoms with van der Waals surface area (Å²) in [6.07, 6.45) is -0.645. The van der Waals surface area contributed by atoms with Crippen molar-refractivity contribution in [2.75, 3.05) is 26.2 Å². The highest BCUT2D eigenvalue weighted by molar-refractivity contribution is 5.78. The number of rotatable bonds is 5. The second-order valence-corrected chi connectivity index (χ2v) is 8.02. The highest BCUT2D eigenvalue weighted by Gasteiger charge is 2.40. The summed E-state index contributed by atoms with van der Waals surface area (Å²) in [6, 6.07) is 5.64. The van der Waals surface area contributed by atoms with Gasteiger partial charge in [0.05, 0.1) is 18.7 Å². The van der Waals surface area contributed by atoms with Gasteiger partial charge in [0.25, 0.3) is 0 Å². The van der Waals surface area contributed by atoms with Crippen LogP contribution >= 0.6 is 0 Å². The zero-order valence-corrected chi connectivity index (χ0v) is 17.2. The lowest BCUT2D eigenvalue weighted by atomic mass is 9.64. The summed E-state index contributed by atoms with van der Waals surface area (Å²) < 4.78 is 44.3. The summed E-state index contributed by atoms with van der Waals surface area (Å²) in [5, 5.41) is 3.19. The van der Waals surface area contributed by atoms with E-state index in [0.717, 1.165) is 38.2 Å². The number of piperidine rings is 1. The van der Waals surface area contributed by atoms with Crippen LogP contribution < -0.4 is 11.1 Å². The quantitative estimate of drug-likeness (QED) is 0.556. The summed E-state index contributed by atoms with van der Waals surface area (Å²) in [5.41, 5.74) is 5.71. The largest absolute Gasteiger partial charge is 0.450 e. The predicted octanol–water partition coefficient (Wildman–Crippen LogP) is 3.65. The SMILES string of the molecule is CCOC(=O)N1CCC(NC(N)=NCC2(c3cccc(C(F)(F)F)c3)CCC2)CC1. The Hall–Kier alpha value is -2.45. The van der Waals surface area contributed by atoms with Gasteiger partial charge in [-0.3, -0.25) is 4.99 Å². The van der Waals surface area contributed by atoms with Gasteiger partial charge in [0, 0.05) is 24.5 Å². The number of likely N-dealkylation sites (tertiary alicyclic amines) is 1. The topological polar surface area (TPSA) is 80.0 Å². The average Bonchev–Trinajstić information content (AvgIpc) is 2.67. The van der Waals surface area contributed by atoms with Gasteiger partial charge < -0.3 is 20.7 Å². The summed E-state index contributed by atoms with van der Waals surface area (Å²) in [4.78, 5) is 17.9. The number of amides is 1. The molecule has 6 nitrogen and oxygen atoms in total. The first kappa shape index (κ1) is 22.2. The molecule has 1 saturated heterocycles. The number of carbonyl (C=O) groups excluding carboxylic acids is 1. The van der Waals surface area contributed by atoms with Crippen molar-refractivity contribution in [3.05, 3.63) is 35.4 Å². The molecule has 0 spiro atoms. The molecule has 2 aliphatic rings. The number of ether oxygens (including phenoxy) is 1. The molecule has 1 aliphatic heterocycles. The van der Waals surface area contributed by atoms with Crippen LogP contribution in [0.1, 0.15) is 50.2 Å². The van der Waals surface area contributed by atoms with E-state index in [1.165, 1.54) is 12.1 Å². The molecule has 166 valence electrons. The van der Waals surface area contributed by atoms with Gasteiger partial charge in [-0.25, -0.2) is 4.79 Å². The van der Waals surface area contributed by atoms with E-state index in [9.17, 15) is 18.0 Å². The first-order chi connectivity index (χ1) is 14.2. The third-order valence-corrected chi connectivity index (χ3v) is 6.04. The second kappa shape index (κ2) is 9.14. The van der Waals surface area contributed by atoms with E-state index in [0.29, 0.717) is 37.8 Å². The monoisotopic (exact) mass is 426 g/mol. The minimum Gasteiger partial charge on any atom is -0.450 e. The Bertz CT molecular complexity index is 770. The van der Waals surface area contributed by atoms with Crippen molar-refractivity contribution in [2.24, 2.45) is 10.7 Å². The number of benzene rings is 1. The molecule has 1 amide bonds. The van der Waals surface area contributed by atoms with E-state index in [4.69, 9.17) is 10.5 Å². The smallest absolute Gasteiger partial charge is 0.416 e. The minimum atomic E-state index is -4.36. The molecule has 9 heteroatoms. The van der Waals surface area contributed by atoms with Crippen LogP contribution in [0.3, 0.4) is 0 Å². The Morgan fingerprint density at radius 1 is 1.33 bits per heavy atom. The van der Waals surface area contributed by atoms with Gasteiger partial charge in [-0.1, -0.05) is 24.6 Å². The average molecular weight is 426 g/mol. The van der Waals surface area contributed by atoms with Crippen molar-refractivity contribution in [3.63, 3.8) is 0 Å². The molecule has 0 bridgehead atoms. The number of aliphatic imine (C=N–C) groups is 1. The lowest BCUT2D eigenvalue weighted by Crippen LogP contribution is -2.49. The van der Waals surface area contributed by atoms with Gasteiger partial charge in [-0.2, -0.15) is 13.2 Å². The number of nitrogens with one attached hydrogen (secondary N) is 1. The van der Waals surface area contributed by atoms with E-state index in [1.807, 2.05) is 0 Å². The number of hydrogen-bond donors (Lipinski definition) is 2. The maximum atomic E-state index is 13.1. The summed E-state index contributed by atoms with van der Waals surface area (Å²) in [5.74, 6) is 0.294. The number of nitrogens with two attached hydrogens (primary N) is 1. The van der Waals surface area contributed by atoms with Gasteiger partial charge in [0.15, 0.2) is 5.96 Å². The van der Waals surface area contributed by atoms with Gasteiger partial charge in [0.2, 0.25) is 0 Å². The molecular formula is C21H29F3N4O2. The highest BCUT2D eigenvalue weighted by Crippen LogP contribution is 2.45. The maximum Gasteiger partial charge on any atom is 0.416 e. The van der Waals surface area contributed by atoms with Crippen LogP contribution in [0, 0.1) is 0 Å². The number of halogens is 3. The molecule has 1 heterocycles. The molecule has 1 saturated carbocycles. The van der Waals surface area contributed by atoms with Crippen LogP contribution in [0.2, 0.25) is 0 Å². The molecule has 3 N–H and O–H groups in total. The van der Waals surface area contributed by atoms with Crippen molar-refractivity contribution in [3.8, 4) is 0 Å². The number of nitrogens with zero attached hydrogens (tertiary/aromatic N) is 2. The van der Waals surface area contributed by atoms with Gasteiger partial charge in [-0.05, 0) is 44.2 Å². The predicted molar refractivity (Wildman–Crippen MR) is 108 cm³/mol. The Labute approximate surface area is 174 Å². The summed E-state index contributed by atoms with van der Waals surface area (Å²) >= 11 is 0. The Kier molecular flexibility index (Phi) is 6.77. The molecular weight excluding hydrogens is 397 g/mol. The Balaban J connectivity index is 1.57. The lowest BCUT2D eigenvalue weighted by Gasteiger charge is -2.41. The third-order valence-electron chi connectivity index (χ3n) is 6.04. The number of alkyl halides is 3. The molecule has 0 unspecified atom stereocenters. The number of guanidine groups is 1. The minimum absolute atomic E-state index is 0.102. The summed E-state index contributed by atoms with van der Waals surface area (Å²) in [6.45, 7) is 3.65. The fraction of sp³-hybridized carbons (Fsp3) is 0.619. The van der Waals surface area contributed by atoms with E-state index in [1.54, 1.807) is 17.9 Å². The van der Waals surface area contributed by atoms with Crippen molar-refractivity contribution >= 4 is 12.1 Å². The normalized spacial score (nSPS) is 19.9. The van der Waals surface area contributed by atoms with Crippen LogP contribution in [0.15, 0.2) is 29.3 Å². The fourth-order valence-electron chi connectivity index (χ4n) is 4.08. The second-order valence-electron chi connectivity index (χ2n) is 8.02. The number of hydrogen-bond acceptors (Lipinski definition) is 3.